The van der Waals surface area contributed by atoms with Crippen molar-refractivity contribution in [3.05, 3.63) is 35.4 Å². The Labute approximate surface area is 103 Å². The van der Waals surface area contributed by atoms with Gasteiger partial charge in [-0.15, -0.1) is 0 Å². The van der Waals surface area contributed by atoms with E-state index in [2.05, 4.69) is 19.9 Å². The van der Waals surface area contributed by atoms with E-state index in [1.165, 1.54) is 5.56 Å². The monoisotopic (exact) mass is 229 g/mol. The number of hydrogen-bond acceptors (Lipinski definition) is 2. The molecule has 0 heterocycles. The van der Waals surface area contributed by atoms with Gasteiger partial charge in [0.15, 0.2) is 5.78 Å². The van der Waals surface area contributed by atoms with Crippen LogP contribution in [0.15, 0.2) is 24.3 Å². The molecule has 0 aliphatic rings. The molecule has 0 spiro atoms. The fourth-order valence-corrected chi connectivity index (χ4v) is 1.72. The minimum Gasteiger partial charge on any atom is -0.293 e. The van der Waals surface area contributed by atoms with Crippen LogP contribution in [0.5, 0.6) is 0 Å². The molecule has 90 valence electrons. The second-order valence-corrected chi connectivity index (χ2v) is 4.99. The molecule has 2 heteroatoms. The lowest BCUT2D eigenvalue weighted by molar-refractivity contribution is 0.0924. The Kier molecular flexibility index (Phi) is 4.45. The normalized spacial score (nSPS) is 12.5. The second kappa shape index (κ2) is 5.63. The molecule has 0 saturated heterocycles. The van der Waals surface area contributed by atoms with E-state index in [-0.39, 0.29) is 11.7 Å². The van der Waals surface area contributed by atoms with Crippen LogP contribution in [0.4, 0.5) is 0 Å². The van der Waals surface area contributed by atoms with Crippen LogP contribution in [-0.2, 0) is 0 Å². The lowest BCUT2D eigenvalue weighted by Crippen LogP contribution is -2.18. The van der Waals surface area contributed by atoms with Crippen molar-refractivity contribution in [1.82, 2.24) is 0 Å². The van der Waals surface area contributed by atoms with Gasteiger partial charge in [0, 0.05) is 5.56 Å². The Bertz CT molecular complexity index is 423. The molecule has 0 fully saturated rings. The van der Waals surface area contributed by atoms with Gasteiger partial charge in [0.05, 0.1) is 6.07 Å². The highest BCUT2D eigenvalue weighted by Crippen LogP contribution is 2.19. The van der Waals surface area contributed by atoms with Gasteiger partial charge in [0.2, 0.25) is 0 Å². The molecule has 1 aromatic carbocycles. The Morgan fingerprint density at radius 2 is 1.65 bits per heavy atom. The summed E-state index contributed by atoms with van der Waals surface area (Å²) in [6, 6.07) is 9.67. The number of carbonyl (C=O) groups excluding carboxylic acids is 1. The average Bonchev–Trinajstić information content (AvgIpc) is 2.29. The van der Waals surface area contributed by atoms with Crippen molar-refractivity contribution in [1.29, 1.82) is 5.26 Å². The SMILES string of the molecule is CC(C)c1ccc(C(=O)C(C#N)C(C)C)cc1. The van der Waals surface area contributed by atoms with Gasteiger partial charge in [-0.25, -0.2) is 0 Å². The first-order chi connectivity index (χ1) is 7.97. The van der Waals surface area contributed by atoms with Crippen molar-refractivity contribution in [3.8, 4) is 6.07 Å². The van der Waals surface area contributed by atoms with Gasteiger partial charge >= 0.3 is 0 Å². The number of rotatable bonds is 4. The van der Waals surface area contributed by atoms with Crippen LogP contribution in [0.2, 0.25) is 0 Å². The van der Waals surface area contributed by atoms with E-state index in [9.17, 15) is 4.79 Å². The summed E-state index contributed by atoms with van der Waals surface area (Å²) in [7, 11) is 0. The van der Waals surface area contributed by atoms with Gasteiger partial charge in [-0.2, -0.15) is 5.26 Å². The van der Waals surface area contributed by atoms with Gasteiger partial charge in [0.25, 0.3) is 0 Å². The zero-order valence-corrected chi connectivity index (χ0v) is 10.9. The summed E-state index contributed by atoms with van der Waals surface area (Å²) < 4.78 is 0. The van der Waals surface area contributed by atoms with Crippen molar-refractivity contribution in [3.63, 3.8) is 0 Å². The molecular weight excluding hydrogens is 210 g/mol. The molecule has 1 aromatic rings. The zero-order chi connectivity index (χ0) is 13.0. The first-order valence-electron chi connectivity index (χ1n) is 6.01. The molecule has 2 nitrogen and oxygen atoms in total. The van der Waals surface area contributed by atoms with Crippen molar-refractivity contribution in [2.24, 2.45) is 11.8 Å². The maximum absolute atomic E-state index is 12.1. The quantitative estimate of drug-likeness (QED) is 0.737. The molecule has 1 unspecified atom stereocenters. The molecule has 0 N–H and O–H groups in total. The minimum atomic E-state index is -0.542. The number of carbonyl (C=O) groups is 1. The molecule has 1 rings (SSSR count). The van der Waals surface area contributed by atoms with Crippen LogP contribution in [0, 0.1) is 23.2 Å². The fourth-order valence-electron chi connectivity index (χ4n) is 1.72. The summed E-state index contributed by atoms with van der Waals surface area (Å²) in [4.78, 5) is 12.1. The Balaban J connectivity index is 2.94. The molecule has 0 aliphatic carbocycles. The van der Waals surface area contributed by atoms with Crippen molar-refractivity contribution in [2.75, 3.05) is 0 Å². The molecule has 0 radical (unpaired) electrons. The first-order valence-corrected chi connectivity index (χ1v) is 6.01. The smallest absolute Gasteiger partial charge is 0.180 e. The third-order valence-electron chi connectivity index (χ3n) is 2.95. The summed E-state index contributed by atoms with van der Waals surface area (Å²) in [5.74, 6) is -0.106. The van der Waals surface area contributed by atoms with Crippen LogP contribution in [0.3, 0.4) is 0 Å². The zero-order valence-electron chi connectivity index (χ0n) is 10.9. The number of benzene rings is 1. The predicted octanol–water partition coefficient (Wildman–Crippen LogP) is 3.79. The topological polar surface area (TPSA) is 40.9 Å². The summed E-state index contributed by atoms with van der Waals surface area (Å²) in [6.07, 6.45) is 0. The van der Waals surface area contributed by atoms with Crippen LogP contribution >= 0.6 is 0 Å². The third-order valence-corrected chi connectivity index (χ3v) is 2.95. The highest BCUT2D eigenvalue weighted by atomic mass is 16.1. The van der Waals surface area contributed by atoms with E-state index in [1.54, 1.807) is 0 Å². The molecular formula is C15H19NO. The fraction of sp³-hybridized carbons (Fsp3) is 0.467. The molecule has 0 amide bonds. The Morgan fingerprint density at radius 3 is 2.00 bits per heavy atom. The van der Waals surface area contributed by atoms with Gasteiger partial charge in [0.1, 0.15) is 5.92 Å². The van der Waals surface area contributed by atoms with E-state index in [1.807, 2.05) is 38.1 Å². The average molecular weight is 229 g/mol. The summed E-state index contributed by atoms with van der Waals surface area (Å²) in [5, 5.41) is 9.00. The van der Waals surface area contributed by atoms with Crippen molar-refractivity contribution in [2.45, 2.75) is 33.6 Å². The number of nitriles is 1. The third kappa shape index (κ3) is 3.17. The van der Waals surface area contributed by atoms with E-state index < -0.39 is 5.92 Å². The van der Waals surface area contributed by atoms with E-state index in [0.29, 0.717) is 11.5 Å². The van der Waals surface area contributed by atoms with E-state index in [0.717, 1.165) is 0 Å². The maximum Gasteiger partial charge on any atom is 0.180 e. The van der Waals surface area contributed by atoms with Crippen molar-refractivity contribution >= 4 is 5.78 Å². The second-order valence-electron chi connectivity index (χ2n) is 4.99. The standard InChI is InChI=1S/C15H19NO/c1-10(2)12-5-7-13(8-6-12)15(17)14(9-16)11(3)4/h5-8,10-11,14H,1-4H3. The minimum absolute atomic E-state index is 0.0530. The number of ketones is 1. The van der Waals surface area contributed by atoms with Gasteiger partial charge in [-0.3, -0.25) is 4.79 Å². The Morgan fingerprint density at radius 1 is 1.12 bits per heavy atom. The molecule has 0 aliphatic heterocycles. The predicted molar refractivity (Wildman–Crippen MR) is 68.8 cm³/mol. The van der Waals surface area contributed by atoms with E-state index in [4.69, 9.17) is 5.26 Å². The van der Waals surface area contributed by atoms with Crippen molar-refractivity contribution < 1.29 is 4.79 Å². The number of Topliss-reactive ketones (excluding diaryl/α,β-unsaturated/α-hetero) is 1. The summed E-state index contributed by atoms with van der Waals surface area (Å²) in [5.41, 5.74) is 1.84. The highest BCUT2D eigenvalue weighted by molar-refractivity contribution is 5.99. The lowest BCUT2D eigenvalue weighted by atomic mass is 9.88. The van der Waals surface area contributed by atoms with Crippen LogP contribution in [-0.4, -0.2) is 5.78 Å². The van der Waals surface area contributed by atoms with Gasteiger partial charge in [-0.1, -0.05) is 52.0 Å². The highest BCUT2D eigenvalue weighted by Gasteiger charge is 2.22. The lowest BCUT2D eigenvalue weighted by Gasteiger charge is -2.12. The summed E-state index contributed by atoms with van der Waals surface area (Å²) >= 11 is 0. The van der Waals surface area contributed by atoms with Gasteiger partial charge in [-0.05, 0) is 17.4 Å². The Hall–Kier alpha value is -1.62. The van der Waals surface area contributed by atoms with Crippen LogP contribution in [0.25, 0.3) is 0 Å². The first kappa shape index (κ1) is 13.4. The number of nitrogens with zero attached hydrogens (tertiary/aromatic N) is 1. The molecule has 17 heavy (non-hydrogen) atoms. The molecule has 0 aromatic heterocycles. The molecule has 1 atom stereocenters. The van der Waals surface area contributed by atoms with E-state index >= 15 is 0 Å². The maximum atomic E-state index is 12.1. The van der Waals surface area contributed by atoms with Crippen LogP contribution < -0.4 is 0 Å². The summed E-state index contributed by atoms with van der Waals surface area (Å²) in [6.45, 7) is 8.02. The largest absolute Gasteiger partial charge is 0.293 e. The molecule has 0 bridgehead atoms. The van der Waals surface area contributed by atoms with Gasteiger partial charge < -0.3 is 0 Å². The molecule has 0 saturated carbocycles. The van der Waals surface area contributed by atoms with Crippen LogP contribution in [0.1, 0.15) is 49.5 Å². The number of hydrogen-bond donors (Lipinski definition) is 0.